The number of rotatable bonds is 4. The number of ether oxygens (including phenoxy) is 1. The molecule has 2 nitrogen and oxygen atoms in total. The second kappa shape index (κ2) is 6.28. The van der Waals surface area contributed by atoms with Crippen LogP contribution in [0, 0.1) is 11.6 Å². The summed E-state index contributed by atoms with van der Waals surface area (Å²) < 4.78 is 32.9. The molecule has 0 aliphatic heterocycles. The van der Waals surface area contributed by atoms with Gasteiger partial charge < -0.3 is 10.5 Å². The molecule has 2 rings (SSSR count). The van der Waals surface area contributed by atoms with Crippen LogP contribution in [0.3, 0.4) is 0 Å². The smallest absolute Gasteiger partial charge is 0.179 e. The van der Waals surface area contributed by atoms with E-state index in [1.807, 2.05) is 0 Å². The van der Waals surface area contributed by atoms with E-state index in [0.717, 1.165) is 0 Å². The van der Waals surface area contributed by atoms with Crippen LogP contribution in [0.15, 0.2) is 40.9 Å². The van der Waals surface area contributed by atoms with E-state index in [0.29, 0.717) is 11.1 Å². The molecule has 0 heterocycles. The Kier molecular flexibility index (Phi) is 4.67. The van der Waals surface area contributed by atoms with E-state index in [1.54, 1.807) is 24.3 Å². The van der Waals surface area contributed by atoms with Crippen molar-refractivity contribution >= 4 is 33.1 Å². The third kappa shape index (κ3) is 3.13. The van der Waals surface area contributed by atoms with E-state index >= 15 is 0 Å². The highest BCUT2D eigenvalue weighted by atomic mass is 79.9. The molecule has 104 valence electrons. The van der Waals surface area contributed by atoms with Crippen molar-refractivity contribution in [2.24, 2.45) is 5.73 Å². The summed E-state index contributed by atoms with van der Waals surface area (Å²) in [6.07, 6.45) is 0. The topological polar surface area (TPSA) is 35.2 Å². The first kappa shape index (κ1) is 14.9. The zero-order valence-corrected chi connectivity index (χ0v) is 12.6. The Morgan fingerprint density at radius 3 is 2.55 bits per heavy atom. The van der Waals surface area contributed by atoms with Gasteiger partial charge in [-0.15, -0.1) is 0 Å². The van der Waals surface area contributed by atoms with Crippen molar-refractivity contribution in [3.05, 3.63) is 63.6 Å². The van der Waals surface area contributed by atoms with Gasteiger partial charge in [0.15, 0.2) is 11.6 Å². The minimum atomic E-state index is -0.619. The van der Waals surface area contributed by atoms with Gasteiger partial charge in [0.05, 0.1) is 4.47 Å². The summed E-state index contributed by atoms with van der Waals surface area (Å²) in [6.45, 7) is -0.0670. The van der Waals surface area contributed by atoms with Crippen molar-refractivity contribution in [2.75, 3.05) is 0 Å². The SMILES string of the molecule is NC(=S)c1ccc(OCc2ccccc2F)c(F)c1Br. The Labute approximate surface area is 128 Å². The first-order chi connectivity index (χ1) is 9.50. The number of hydrogen-bond acceptors (Lipinski definition) is 2. The van der Waals surface area contributed by atoms with Gasteiger partial charge >= 0.3 is 0 Å². The van der Waals surface area contributed by atoms with Crippen LogP contribution >= 0.6 is 28.1 Å². The van der Waals surface area contributed by atoms with Gasteiger partial charge in [0, 0.05) is 11.1 Å². The lowest BCUT2D eigenvalue weighted by molar-refractivity contribution is 0.284. The van der Waals surface area contributed by atoms with Gasteiger partial charge in [0.25, 0.3) is 0 Å². The van der Waals surface area contributed by atoms with Crippen LogP contribution in [0.5, 0.6) is 5.75 Å². The van der Waals surface area contributed by atoms with Crippen molar-refractivity contribution < 1.29 is 13.5 Å². The molecule has 2 aromatic rings. The zero-order chi connectivity index (χ0) is 14.7. The molecule has 0 aromatic heterocycles. The summed E-state index contributed by atoms with van der Waals surface area (Å²) in [5, 5.41) is 0. The molecule has 2 N–H and O–H groups in total. The van der Waals surface area contributed by atoms with E-state index in [-0.39, 0.29) is 21.8 Å². The molecular formula is C14H10BrF2NOS. The molecule has 0 spiro atoms. The van der Waals surface area contributed by atoms with Crippen molar-refractivity contribution in [1.29, 1.82) is 0 Å². The molecule has 0 unspecified atom stereocenters. The normalized spacial score (nSPS) is 10.3. The third-order valence-corrected chi connectivity index (χ3v) is 3.65. The largest absolute Gasteiger partial charge is 0.486 e. The van der Waals surface area contributed by atoms with Crippen LogP contribution < -0.4 is 10.5 Å². The maximum Gasteiger partial charge on any atom is 0.179 e. The highest BCUT2D eigenvalue weighted by Crippen LogP contribution is 2.29. The molecule has 0 saturated carbocycles. The monoisotopic (exact) mass is 357 g/mol. The number of hydrogen-bond donors (Lipinski definition) is 1. The van der Waals surface area contributed by atoms with E-state index in [1.165, 1.54) is 12.1 Å². The Morgan fingerprint density at radius 2 is 1.90 bits per heavy atom. The Balaban J connectivity index is 2.21. The van der Waals surface area contributed by atoms with Crippen LogP contribution in [0.1, 0.15) is 11.1 Å². The summed E-state index contributed by atoms with van der Waals surface area (Å²) in [5.74, 6) is -1.02. The number of halogens is 3. The van der Waals surface area contributed by atoms with Crippen LogP contribution in [-0.2, 0) is 6.61 Å². The molecule has 0 aliphatic carbocycles. The number of nitrogens with two attached hydrogens (primary N) is 1. The predicted molar refractivity (Wildman–Crippen MR) is 80.7 cm³/mol. The average Bonchev–Trinajstić information content (AvgIpc) is 2.41. The second-order valence-corrected chi connectivity index (χ2v) is 5.22. The molecule has 0 aliphatic rings. The van der Waals surface area contributed by atoms with Crippen LogP contribution in [0.2, 0.25) is 0 Å². The van der Waals surface area contributed by atoms with Crippen LogP contribution in [-0.4, -0.2) is 4.99 Å². The summed E-state index contributed by atoms with van der Waals surface area (Å²) in [4.78, 5) is 0.0800. The van der Waals surface area contributed by atoms with Crippen molar-refractivity contribution in [3.63, 3.8) is 0 Å². The lowest BCUT2D eigenvalue weighted by Gasteiger charge is -2.11. The summed E-state index contributed by atoms with van der Waals surface area (Å²) in [7, 11) is 0. The molecule has 2 aromatic carbocycles. The summed E-state index contributed by atoms with van der Waals surface area (Å²) >= 11 is 7.88. The third-order valence-electron chi connectivity index (χ3n) is 2.65. The quantitative estimate of drug-likeness (QED) is 0.841. The Morgan fingerprint density at radius 1 is 1.20 bits per heavy atom. The lowest BCUT2D eigenvalue weighted by atomic mass is 10.2. The minimum Gasteiger partial charge on any atom is -0.486 e. The molecule has 0 radical (unpaired) electrons. The van der Waals surface area contributed by atoms with Gasteiger partial charge in [0.2, 0.25) is 0 Å². The zero-order valence-electron chi connectivity index (χ0n) is 10.2. The molecule has 6 heteroatoms. The number of thiocarbonyl (C=S) groups is 1. The molecular weight excluding hydrogens is 348 g/mol. The first-order valence-corrected chi connectivity index (χ1v) is 6.85. The average molecular weight is 358 g/mol. The standard InChI is InChI=1S/C14H10BrF2NOS/c15-12-9(14(18)20)5-6-11(13(12)17)19-7-8-3-1-2-4-10(8)16/h1-6H,7H2,(H2,18,20). The van der Waals surface area contributed by atoms with Crippen LogP contribution in [0.4, 0.5) is 8.78 Å². The Hall–Kier alpha value is -1.53. The van der Waals surface area contributed by atoms with Gasteiger partial charge in [-0.05, 0) is 34.1 Å². The number of benzene rings is 2. The van der Waals surface area contributed by atoms with Gasteiger partial charge in [0.1, 0.15) is 17.4 Å². The maximum absolute atomic E-state index is 14.0. The molecule has 0 amide bonds. The molecule has 0 fully saturated rings. The first-order valence-electron chi connectivity index (χ1n) is 5.64. The molecule has 0 bridgehead atoms. The maximum atomic E-state index is 14.0. The second-order valence-electron chi connectivity index (χ2n) is 3.98. The van der Waals surface area contributed by atoms with Crippen molar-refractivity contribution in [2.45, 2.75) is 6.61 Å². The fraction of sp³-hybridized carbons (Fsp3) is 0.0714. The highest BCUT2D eigenvalue weighted by molar-refractivity contribution is 9.10. The van der Waals surface area contributed by atoms with E-state index < -0.39 is 11.6 Å². The fourth-order valence-electron chi connectivity index (χ4n) is 1.60. The minimum absolute atomic E-state index is 0.000119. The molecule has 0 atom stereocenters. The van der Waals surface area contributed by atoms with Crippen molar-refractivity contribution in [1.82, 2.24) is 0 Å². The molecule has 20 heavy (non-hydrogen) atoms. The van der Waals surface area contributed by atoms with Crippen LogP contribution in [0.25, 0.3) is 0 Å². The molecule has 0 saturated heterocycles. The fourth-order valence-corrected chi connectivity index (χ4v) is 2.45. The van der Waals surface area contributed by atoms with Gasteiger partial charge in [-0.2, -0.15) is 0 Å². The summed E-state index contributed by atoms with van der Waals surface area (Å²) in [6, 6.07) is 9.12. The predicted octanol–water partition coefficient (Wildman–Crippen LogP) is 3.94. The summed E-state index contributed by atoms with van der Waals surface area (Å²) in [5.41, 5.74) is 6.20. The lowest BCUT2D eigenvalue weighted by Crippen LogP contribution is -2.11. The van der Waals surface area contributed by atoms with Gasteiger partial charge in [-0.25, -0.2) is 8.78 Å². The Bertz CT molecular complexity index is 664. The van der Waals surface area contributed by atoms with E-state index in [2.05, 4.69) is 15.9 Å². The highest BCUT2D eigenvalue weighted by Gasteiger charge is 2.14. The van der Waals surface area contributed by atoms with E-state index in [9.17, 15) is 8.78 Å². The van der Waals surface area contributed by atoms with Gasteiger partial charge in [-0.3, -0.25) is 0 Å². The van der Waals surface area contributed by atoms with Gasteiger partial charge in [-0.1, -0.05) is 30.4 Å². The van der Waals surface area contributed by atoms with E-state index in [4.69, 9.17) is 22.7 Å². The van der Waals surface area contributed by atoms with Crippen molar-refractivity contribution in [3.8, 4) is 5.75 Å².